The summed E-state index contributed by atoms with van der Waals surface area (Å²) < 4.78 is 33.5. The van der Waals surface area contributed by atoms with Gasteiger partial charge in [-0.05, 0) is 6.42 Å². The molecule has 8 heteroatoms. The van der Waals surface area contributed by atoms with Crippen molar-refractivity contribution in [3.8, 4) is 0 Å². The largest absolute Gasteiger partial charge is 0.756 e. The van der Waals surface area contributed by atoms with Crippen LogP contribution in [-0.4, -0.2) is 71.8 Å². The van der Waals surface area contributed by atoms with Crippen LogP contribution in [0.3, 0.4) is 0 Å². The van der Waals surface area contributed by atoms with Crippen molar-refractivity contribution in [3.63, 3.8) is 0 Å². The first-order valence-corrected chi connectivity index (χ1v) is 15.7. The number of likely N-dealkylation sites (N-methyl/N-ethyl adjacent to an activating group) is 1. The van der Waals surface area contributed by atoms with E-state index in [1.54, 1.807) is 0 Å². The minimum atomic E-state index is -4.38. The highest BCUT2D eigenvalue weighted by atomic mass is 31.2. The first-order valence-electron chi connectivity index (χ1n) is 14.2. The molecule has 35 heavy (non-hydrogen) atoms. The van der Waals surface area contributed by atoms with E-state index in [2.05, 4.69) is 6.92 Å². The van der Waals surface area contributed by atoms with Gasteiger partial charge in [0.1, 0.15) is 19.3 Å². The Kier molecular flexibility index (Phi) is 23.1. The maximum atomic E-state index is 12.1. The summed E-state index contributed by atoms with van der Waals surface area (Å²) in [5, 5.41) is 0. The van der Waals surface area contributed by atoms with Gasteiger partial charge in [-0.3, -0.25) is 4.57 Å². The average molecular weight is 524 g/mol. The Morgan fingerprint density at radius 2 is 1.17 bits per heavy atom. The van der Waals surface area contributed by atoms with Crippen molar-refractivity contribution in [2.24, 2.45) is 0 Å². The highest BCUT2D eigenvalue weighted by Gasteiger charge is 2.20. The minimum Gasteiger partial charge on any atom is -0.756 e. The highest BCUT2D eigenvalue weighted by Crippen LogP contribution is 2.39. The number of quaternary nitrogens is 1. The molecule has 0 N–H and O–H groups in total. The standard InChI is InChI=1S/C27H58NO6P/c1-6-7-8-9-10-11-12-13-14-15-16-17-18-19-20-21-23-32-26-27(25-31-5)34-35(29,30)33-24-22-28(2,3)4/h27H,6-26H2,1-5H3/t27-/m0/s1. The summed E-state index contributed by atoms with van der Waals surface area (Å²) in [5.41, 5.74) is 0. The summed E-state index contributed by atoms with van der Waals surface area (Å²) in [7, 11) is 3.05. The molecule has 0 aliphatic rings. The van der Waals surface area contributed by atoms with Gasteiger partial charge < -0.3 is 27.9 Å². The van der Waals surface area contributed by atoms with Crippen molar-refractivity contribution < 1.29 is 32.5 Å². The number of phosphoric ester groups is 1. The number of hydrogen-bond acceptors (Lipinski definition) is 6. The lowest BCUT2D eigenvalue weighted by atomic mass is 10.0. The molecular formula is C27H58NO6P. The molecule has 0 radical (unpaired) electrons. The van der Waals surface area contributed by atoms with Crippen molar-refractivity contribution in [1.82, 2.24) is 0 Å². The average Bonchev–Trinajstić information content (AvgIpc) is 2.77. The van der Waals surface area contributed by atoms with Crippen molar-refractivity contribution in [1.29, 1.82) is 0 Å². The number of phosphoric acid groups is 1. The van der Waals surface area contributed by atoms with Gasteiger partial charge in [0.25, 0.3) is 7.82 Å². The van der Waals surface area contributed by atoms with E-state index in [1.807, 2.05) is 21.1 Å². The fraction of sp³-hybridized carbons (Fsp3) is 1.00. The molecule has 0 heterocycles. The zero-order valence-corrected chi connectivity index (χ0v) is 24.7. The molecule has 7 nitrogen and oxygen atoms in total. The summed E-state index contributed by atoms with van der Waals surface area (Å²) in [6, 6.07) is 0. The van der Waals surface area contributed by atoms with E-state index in [-0.39, 0.29) is 19.8 Å². The monoisotopic (exact) mass is 523 g/mol. The Morgan fingerprint density at radius 3 is 1.60 bits per heavy atom. The van der Waals surface area contributed by atoms with Crippen LogP contribution in [-0.2, 0) is 23.1 Å². The molecule has 0 aliphatic carbocycles. The van der Waals surface area contributed by atoms with Crippen LogP contribution in [0.25, 0.3) is 0 Å². The van der Waals surface area contributed by atoms with Gasteiger partial charge in [-0.1, -0.05) is 103 Å². The van der Waals surface area contributed by atoms with E-state index in [0.29, 0.717) is 17.6 Å². The van der Waals surface area contributed by atoms with Crippen molar-refractivity contribution >= 4 is 7.82 Å². The molecule has 0 bridgehead atoms. The summed E-state index contributed by atoms with van der Waals surface area (Å²) in [6.07, 6.45) is 20.7. The first kappa shape index (κ1) is 35.0. The van der Waals surface area contributed by atoms with Crippen LogP contribution in [0, 0.1) is 0 Å². The Morgan fingerprint density at radius 1 is 0.714 bits per heavy atom. The predicted molar refractivity (Wildman–Crippen MR) is 144 cm³/mol. The number of unbranched alkanes of at least 4 members (excludes halogenated alkanes) is 15. The Balaban J connectivity index is 3.60. The molecule has 0 saturated heterocycles. The van der Waals surface area contributed by atoms with E-state index in [4.69, 9.17) is 18.5 Å². The molecule has 0 amide bonds. The highest BCUT2D eigenvalue weighted by molar-refractivity contribution is 7.45. The molecule has 0 aromatic carbocycles. The van der Waals surface area contributed by atoms with E-state index in [0.717, 1.165) is 12.8 Å². The second-order valence-electron chi connectivity index (χ2n) is 10.9. The van der Waals surface area contributed by atoms with Crippen LogP contribution in [0.15, 0.2) is 0 Å². The van der Waals surface area contributed by atoms with Crippen molar-refractivity contribution in [2.45, 2.75) is 116 Å². The Hall–Kier alpha value is -0.0100. The maximum absolute atomic E-state index is 12.1. The van der Waals surface area contributed by atoms with Gasteiger partial charge in [0.15, 0.2) is 0 Å². The number of methoxy groups -OCH3 is 1. The predicted octanol–water partition coefficient (Wildman–Crippen LogP) is 6.49. The van der Waals surface area contributed by atoms with E-state index in [1.165, 1.54) is 97.0 Å². The molecule has 212 valence electrons. The second-order valence-corrected chi connectivity index (χ2v) is 12.2. The van der Waals surface area contributed by atoms with Crippen LogP contribution in [0.2, 0.25) is 0 Å². The maximum Gasteiger partial charge on any atom is 0.268 e. The zero-order valence-electron chi connectivity index (χ0n) is 23.8. The third kappa shape index (κ3) is 26.9. The van der Waals surface area contributed by atoms with Gasteiger partial charge in [-0.15, -0.1) is 0 Å². The SMILES string of the molecule is CCCCCCCCCCCCCCCCCCOC[C@H](COC)OP(=O)([O-])OCC[N+](C)(C)C. The Bertz CT molecular complexity index is 501. The third-order valence-corrected chi connectivity index (χ3v) is 7.14. The smallest absolute Gasteiger partial charge is 0.268 e. The fourth-order valence-electron chi connectivity index (χ4n) is 3.90. The van der Waals surface area contributed by atoms with Crippen LogP contribution >= 0.6 is 7.82 Å². The van der Waals surface area contributed by atoms with Crippen LogP contribution < -0.4 is 4.89 Å². The third-order valence-electron chi connectivity index (χ3n) is 6.09. The molecule has 1 unspecified atom stereocenters. The van der Waals surface area contributed by atoms with Crippen LogP contribution in [0.1, 0.15) is 110 Å². The van der Waals surface area contributed by atoms with E-state index < -0.39 is 13.9 Å². The molecule has 0 saturated carbocycles. The molecule has 0 fully saturated rings. The van der Waals surface area contributed by atoms with Gasteiger partial charge >= 0.3 is 0 Å². The topological polar surface area (TPSA) is 77.1 Å². The van der Waals surface area contributed by atoms with Gasteiger partial charge in [-0.25, -0.2) is 0 Å². The lowest BCUT2D eigenvalue weighted by Crippen LogP contribution is -2.38. The number of rotatable bonds is 27. The number of hydrogen-bond donors (Lipinski definition) is 0. The zero-order chi connectivity index (χ0) is 26.3. The lowest BCUT2D eigenvalue weighted by Gasteiger charge is -2.29. The Labute approximate surface area is 217 Å². The fourth-order valence-corrected chi connectivity index (χ4v) is 4.75. The van der Waals surface area contributed by atoms with Crippen molar-refractivity contribution in [3.05, 3.63) is 0 Å². The lowest BCUT2D eigenvalue weighted by molar-refractivity contribution is -0.870. The quantitative estimate of drug-likeness (QED) is 0.0696. The molecule has 0 aliphatic heterocycles. The first-order chi connectivity index (χ1) is 16.7. The summed E-state index contributed by atoms with van der Waals surface area (Å²) in [5.74, 6) is 0. The second kappa shape index (κ2) is 23.1. The molecular weight excluding hydrogens is 465 g/mol. The van der Waals surface area contributed by atoms with Crippen LogP contribution in [0.4, 0.5) is 0 Å². The van der Waals surface area contributed by atoms with Gasteiger partial charge in [0.2, 0.25) is 0 Å². The molecule has 0 rings (SSSR count). The normalized spacial score (nSPS) is 14.8. The summed E-state index contributed by atoms with van der Waals surface area (Å²) in [6.45, 7) is 3.86. The molecule has 0 spiro atoms. The minimum absolute atomic E-state index is 0.0873. The molecule has 0 aromatic rings. The molecule has 0 aromatic heterocycles. The number of nitrogens with zero attached hydrogens (tertiary/aromatic N) is 1. The summed E-state index contributed by atoms with van der Waals surface area (Å²) in [4.78, 5) is 12.1. The van der Waals surface area contributed by atoms with Gasteiger partial charge in [0, 0.05) is 13.7 Å². The number of ether oxygens (including phenoxy) is 2. The summed E-state index contributed by atoms with van der Waals surface area (Å²) >= 11 is 0. The van der Waals surface area contributed by atoms with Crippen molar-refractivity contribution in [2.75, 3.05) is 61.2 Å². The van der Waals surface area contributed by atoms with E-state index >= 15 is 0 Å². The van der Waals surface area contributed by atoms with Crippen LogP contribution in [0.5, 0.6) is 0 Å². The molecule has 2 atom stereocenters. The van der Waals surface area contributed by atoms with E-state index in [9.17, 15) is 9.46 Å². The van der Waals surface area contributed by atoms with Gasteiger partial charge in [0.05, 0.1) is 34.4 Å². The van der Waals surface area contributed by atoms with Gasteiger partial charge in [-0.2, -0.15) is 0 Å².